The first-order valence-electron chi connectivity index (χ1n) is 6.79. The van der Waals surface area contributed by atoms with Crippen molar-refractivity contribution in [3.05, 3.63) is 54.1 Å². The van der Waals surface area contributed by atoms with Crippen molar-refractivity contribution >= 4 is 11.7 Å². The minimum Gasteiger partial charge on any atom is -0.497 e. The fourth-order valence-corrected chi connectivity index (χ4v) is 1.89. The lowest BCUT2D eigenvalue weighted by atomic mass is 10.2. The highest BCUT2D eigenvalue weighted by Crippen LogP contribution is 2.19. The summed E-state index contributed by atoms with van der Waals surface area (Å²) in [7, 11) is 1.56. The number of rotatable bonds is 6. The van der Waals surface area contributed by atoms with Gasteiger partial charge in [0.25, 0.3) is 0 Å². The van der Waals surface area contributed by atoms with Crippen LogP contribution >= 0.6 is 0 Å². The quantitative estimate of drug-likeness (QED) is 0.854. The molecule has 0 atom stereocenters. The summed E-state index contributed by atoms with van der Waals surface area (Å²) in [4.78, 5) is 11.8. The number of benzene rings is 2. The minimum atomic E-state index is -2.91. The molecule has 0 saturated carbocycles. The van der Waals surface area contributed by atoms with Crippen LogP contribution in [0.1, 0.15) is 5.56 Å². The van der Waals surface area contributed by atoms with Crippen LogP contribution in [0.3, 0.4) is 0 Å². The van der Waals surface area contributed by atoms with Crippen LogP contribution in [0.5, 0.6) is 11.5 Å². The summed E-state index contributed by atoms with van der Waals surface area (Å²) in [5, 5.41) is 5.21. The highest BCUT2D eigenvalue weighted by Gasteiger charge is 2.07. The van der Waals surface area contributed by atoms with Crippen LogP contribution in [0, 0.1) is 0 Å². The van der Waals surface area contributed by atoms with Gasteiger partial charge in [0.1, 0.15) is 11.5 Å². The number of urea groups is 1. The lowest BCUT2D eigenvalue weighted by Crippen LogP contribution is -2.28. The van der Waals surface area contributed by atoms with Gasteiger partial charge in [-0.25, -0.2) is 4.79 Å². The van der Waals surface area contributed by atoms with Crippen molar-refractivity contribution in [3.8, 4) is 11.5 Å². The molecule has 2 N–H and O–H groups in total. The molecule has 2 aromatic rings. The van der Waals surface area contributed by atoms with E-state index < -0.39 is 12.6 Å². The third-order valence-corrected chi connectivity index (χ3v) is 2.90. The first-order valence-corrected chi connectivity index (χ1v) is 6.79. The second kappa shape index (κ2) is 7.98. The van der Waals surface area contributed by atoms with Crippen molar-refractivity contribution in [2.45, 2.75) is 13.2 Å². The van der Waals surface area contributed by atoms with E-state index in [-0.39, 0.29) is 5.75 Å². The van der Waals surface area contributed by atoms with Gasteiger partial charge in [0.15, 0.2) is 0 Å². The summed E-state index contributed by atoms with van der Waals surface area (Å²) in [5.74, 6) is 0.673. The maximum atomic E-state index is 12.2. The molecule has 0 aliphatic heterocycles. The lowest BCUT2D eigenvalue weighted by Gasteiger charge is -2.10. The van der Waals surface area contributed by atoms with E-state index in [1.165, 1.54) is 18.2 Å². The van der Waals surface area contributed by atoms with Gasteiger partial charge in [0.05, 0.1) is 7.11 Å². The first-order chi connectivity index (χ1) is 11.1. The second-order valence-electron chi connectivity index (χ2n) is 4.57. The van der Waals surface area contributed by atoms with Crippen LogP contribution in [0.15, 0.2) is 48.5 Å². The van der Waals surface area contributed by atoms with Gasteiger partial charge in [0, 0.05) is 18.3 Å². The monoisotopic (exact) mass is 322 g/mol. The molecular weight excluding hydrogens is 306 g/mol. The van der Waals surface area contributed by atoms with E-state index in [1.807, 2.05) is 12.1 Å². The van der Waals surface area contributed by atoms with E-state index in [2.05, 4.69) is 15.4 Å². The molecule has 0 unspecified atom stereocenters. The predicted octanol–water partition coefficient (Wildman–Crippen LogP) is 3.62. The van der Waals surface area contributed by atoms with Crippen molar-refractivity contribution in [3.63, 3.8) is 0 Å². The van der Waals surface area contributed by atoms with Crippen molar-refractivity contribution < 1.29 is 23.0 Å². The number of carbonyl (C=O) groups excluding carboxylic acids is 1. The van der Waals surface area contributed by atoms with Gasteiger partial charge >= 0.3 is 12.6 Å². The standard InChI is InChI=1S/C16H16F2N2O3/c1-22-13-6-2-4-11(8-13)10-19-16(21)20-12-5-3-7-14(9-12)23-15(17)18/h2-9,15H,10H2,1H3,(H2,19,20,21). The van der Waals surface area contributed by atoms with Crippen LogP contribution in [-0.2, 0) is 6.54 Å². The summed E-state index contributed by atoms with van der Waals surface area (Å²) in [6, 6.07) is 12.6. The highest BCUT2D eigenvalue weighted by atomic mass is 19.3. The fourth-order valence-electron chi connectivity index (χ4n) is 1.89. The smallest absolute Gasteiger partial charge is 0.387 e. The van der Waals surface area contributed by atoms with Crippen molar-refractivity contribution in [1.82, 2.24) is 5.32 Å². The molecule has 122 valence electrons. The van der Waals surface area contributed by atoms with Gasteiger partial charge in [-0.2, -0.15) is 8.78 Å². The molecular formula is C16H16F2N2O3. The molecule has 2 rings (SSSR count). The molecule has 7 heteroatoms. The average Bonchev–Trinajstić information content (AvgIpc) is 2.53. The highest BCUT2D eigenvalue weighted by molar-refractivity contribution is 5.89. The summed E-state index contributed by atoms with van der Waals surface area (Å²) in [6.07, 6.45) is 0. The van der Waals surface area contributed by atoms with E-state index in [0.717, 1.165) is 5.56 Å². The van der Waals surface area contributed by atoms with Crippen LogP contribution < -0.4 is 20.1 Å². The number of methoxy groups -OCH3 is 1. The Balaban J connectivity index is 1.89. The SMILES string of the molecule is COc1cccc(CNC(=O)Nc2cccc(OC(F)F)c2)c1. The van der Waals surface area contributed by atoms with Gasteiger partial charge in [-0.05, 0) is 29.8 Å². The summed E-state index contributed by atoms with van der Waals surface area (Å²) >= 11 is 0. The molecule has 23 heavy (non-hydrogen) atoms. The molecule has 0 aliphatic carbocycles. The number of alkyl halides is 2. The Bertz CT molecular complexity index is 665. The van der Waals surface area contributed by atoms with E-state index in [1.54, 1.807) is 25.3 Å². The van der Waals surface area contributed by atoms with Gasteiger partial charge in [-0.3, -0.25) is 0 Å². The van der Waals surface area contributed by atoms with Gasteiger partial charge in [-0.1, -0.05) is 18.2 Å². The van der Waals surface area contributed by atoms with Crippen LogP contribution in [0.25, 0.3) is 0 Å². The minimum absolute atomic E-state index is 0.0226. The second-order valence-corrected chi connectivity index (χ2v) is 4.57. The van der Waals surface area contributed by atoms with Crippen molar-refractivity contribution in [2.75, 3.05) is 12.4 Å². The third kappa shape index (κ3) is 5.46. The molecule has 5 nitrogen and oxygen atoms in total. The fraction of sp³-hybridized carbons (Fsp3) is 0.188. The summed E-state index contributed by atoms with van der Waals surface area (Å²) in [6.45, 7) is -2.61. The molecule has 0 aliphatic rings. The molecule has 2 aromatic carbocycles. The van der Waals surface area contributed by atoms with Crippen LogP contribution in [0.2, 0.25) is 0 Å². The lowest BCUT2D eigenvalue weighted by molar-refractivity contribution is -0.0497. The molecule has 0 saturated heterocycles. The van der Waals surface area contributed by atoms with E-state index >= 15 is 0 Å². The van der Waals surface area contributed by atoms with Gasteiger partial charge < -0.3 is 20.1 Å². The van der Waals surface area contributed by atoms with Gasteiger partial charge in [-0.15, -0.1) is 0 Å². The van der Waals surface area contributed by atoms with E-state index in [9.17, 15) is 13.6 Å². The Labute approximate surface area is 132 Å². The Morgan fingerprint density at radius 3 is 2.61 bits per heavy atom. The first kappa shape index (κ1) is 16.5. The molecule has 2 amide bonds. The van der Waals surface area contributed by atoms with Crippen molar-refractivity contribution in [1.29, 1.82) is 0 Å². The molecule has 0 heterocycles. The number of anilines is 1. The number of carbonyl (C=O) groups is 1. The number of halogens is 2. The maximum Gasteiger partial charge on any atom is 0.387 e. The Hall–Kier alpha value is -2.83. The zero-order valence-electron chi connectivity index (χ0n) is 12.4. The average molecular weight is 322 g/mol. The van der Waals surface area contributed by atoms with E-state index in [0.29, 0.717) is 18.0 Å². The number of amides is 2. The summed E-state index contributed by atoms with van der Waals surface area (Å²) in [5.41, 5.74) is 1.22. The Morgan fingerprint density at radius 1 is 1.13 bits per heavy atom. The Kier molecular flexibility index (Phi) is 5.74. The van der Waals surface area contributed by atoms with Crippen LogP contribution in [0.4, 0.5) is 19.3 Å². The van der Waals surface area contributed by atoms with Crippen LogP contribution in [-0.4, -0.2) is 19.8 Å². The van der Waals surface area contributed by atoms with Gasteiger partial charge in [0.2, 0.25) is 0 Å². The molecule has 0 bridgehead atoms. The molecule has 0 spiro atoms. The largest absolute Gasteiger partial charge is 0.497 e. The number of ether oxygens (including phenoxy) is 2. The number of hydrogen-bond donors (Lipinski definition) is 2. The third-order valence-electron chi connectivity index (χ3n) is 2.90. The predicted molar refractivity (Wildman–Crippen MR) is 81.9 cm³/mol. The zero-order chi connectivity index (χ0) is 16.7. The number of nitrogens with one attached hydrogen (secondary N) is 2. The number of hydrogen-bond acceptors (Lipinski definition) is 3. The van der Waals surface area contributed by atoms with Crippen molar-refractivity contribution in [2.24, 2.45) is 0 Å². The molecule has 0 fully saturated rings. The molecule has 0 aromatic heterocycles. The Morgan fingerprint density at radius 2 is 1.87 bits per heavy atom. The topological polar surface area (TPSA) is 59.6 Å². The zero-order valence-corrected chi connectivity index (χ0v) is 12.4. The van der Waals surface area contributed by atoms with E-state index in [4.69, 9.17) is 4.74 Å². The summed E-state index contributed by atoms with van der Waals surface area (Å²) < 4.78 is 33.7. The maximum absolute atomic E-state index is 12.2. The normalized spacial score (nSPS) is 10.3. The molecule has 0 radical (unpaired) electrons.